The van der Waals surface area contributed by atoms with Crippen molar-refractivity contribution in [1.82, 2.24) is 5.32 Å². The molecule has 2 fully saturated rings. The smallest absolute Gasteiger partial charge is 0.220 e. The van der Waals surface area contributed by atoms with Crippen LogP contribution < -0.4 is 5.32 Å². The van der Waals surface area contributed by atoms with Crippen molar-refractivity contribution in [1.29, 1.82) is 0 Å². The molecule has 0 aliphatic carbocycles. The van der Waals surface area contributed by atoms with E-state index in [0.717, 1.165) is 38.5 Å². The number of hydrogen-bond acceptors (Lipinski definition) is 13. The molecule has 2 rings (SSSR count). The Morgan fingerprint density at radius 2 is 1.03 bits per heavy atom. The summed E-state index contributed by atoms with van der Waals surface area (Å²) in [5.74, 6) is -0.240. The number of aliphatic hydroxyl groups is 8. The molecule has 2 aliphatic heterocycles. The zero-order valence-corrected chi connectivity index (χ0v) is 37.2. The molecular weight excluding hydrogens is 774 g/mol. The van der Waals surface area contributed by atoms with Crippen molar-refractivity contribution in [3.8, 4) is 0 Å². The molecule has 2 aliphatic rings. The number of carbonyl (C=O) groups is 1. The number of unbranched alkanes of at least 4 members (excludes halogenated alkanes) is 23. The van der Waals surface area contributed by atoms with Crippen molar-refractivity contribution in [3.63, 3.8) is 0 Å². The van der Waals surface area contributed by atoms with E-state index in [2.05, 4.69) is 19.2 Å². The van der Waals surface area contributed by atoms with E-state index >= 15 is 0 Å². The first-order valence-electron chi connectivity index (χ1n) is 23.9. The summed E-state index contributed by atoms with van der Waals surface area (Å²) in [6.07, 6.45) is 16.8. The molecule has 0 radical (unpaired) electrons. The van der Waals surface area contributed by atoms with Crippen LogP contribution in [0.3, 0.4) is 0 Å². The third-order valence-electron chi connectivity index (χ3n) is 12.0. The van der Waals surface area contributed by atoms with Gasteiger partial charge in [0.05, 0.1) is 32.0 Å². The van der Waals surface area contributed by atoms with Crippen LogP contribution in [0.25, 0.3) is 0 Å². The fourth-order valence-electron chi connectivity index (χ4n) is 8.00. The first-order chi connectivity index (χ1) is 29.1. The summed E-state index contributed by atoms with van der Waals surface area (Å²) >= 11 is 0. The van der Waals surface area contributed by atoms with Gasteiger partial charge >= 0.3 is 0 Å². The number of allylic oxidation sites excluding steroid dienone is 1. The van der Waals surface area contributed by atoms with Gasteiger partial charge in [0.1, 0.15) is 48.8 Å². The number of aliphatic hydroxyl groups excluding tert-OH is 8. The highest BCUT2D eigenvalue weighted by molar-refractivity contribution is 5.76. The molecule has 14 heteroatoms. The third-order valence-corrected chi connectivity index (χ3v) is 12.0. The topological polar surface area (TPSA) is 228 Å². The molecule has 12 atom stereocenters. The SMILES string of the molecule is CCCCCCCCCCCCC/C=C/C(O)C(COC1OC(CO)C(OC2OC(CO)C(O)C(O)C2O)C(O)C1O)NC(=O)CCCCCCCCCCCCCCC. The second-order valence-corrected chi connectivity index (χ2v) is 17.2. The molecular formula is C46H87NO13. The molecule has 0 bridgehead atoms. The quantitative estimate of drug-likeness (QED) is 0.0292. The van der Waals surface area contributed by atoms with E-state index in [4.69, 9.17) is 18.9 Å². The number of carbonyl (C=O) groups excluding carboxylic acids is 1. The Morgan fingerprint density at radius 1 is 0.583 bits per heavy atom. The van der Waals surface area contributed by atoms with E-state index in [9.17, 15) is 45.6 Å². The summed E-state index contributed by atoms with van der Waals surface area (Å²) in [5.41, 5.74) is 0. The van der Waals surface area contributed by atoms with Crippen LogP contribution in [-0.2, 0) is 23.7 Å². The van der Waals surface area contributed by atoms with Crippen LogP contribution >= 0.6 is 0 Å². The highest BCUT2D eigenvalue weighted by Crippen LogP contribution is 2.30. The maximum Gasteiger partial charge on any atom is 0.220 e. The lowest BCUT2D eigenvalue weighted by Crippen LogP contribution is -2.65. The average molecular weight is 862 g/mol. The van der Waals surface area contributed by atoms with Gasteiger partial charge < -0.3 is 65.1 Å². The fraction of sp³-hybridized carbons (Fsp3) is 0.935. The minimum atomic E-state index is -1.78. The predicted octanol–water partition coefficient (Wildman–Crippen LogP) is 5.21. The number of nitrogens with one attached hydrogen (secondary N) is 1. The van der Waals surface area contributed by atoms with Crippen molar-refractivity contribution >= 4 is 5.91 Å². The van der Waals surface area contributed by atoms with E-state index in [1.54, 1.807) is 6.08 Å². The molecule has 0 saturated carbocycles. The molecule has 2 saturated heterocycles. The molecule has 0 aromatic heterocycles. The molecule has 12 unspecified atom stereocenters. The number of amides is 1. The second-order valence-electron chi connectivity index (χ2n) is 17.2. The van der Waals surface area contributed by atoms with E-state index in [1.807, 2.05) is 6.08 Å². The Kier molecular flexibility index (Phi) is 31.3. The van der Waals surface area contributed by atoms with E-state index < -0.39 is 86.8 Å². The highest BCUT2D eigenvalue weighted by atomic mass is 16.7. The van der Waals surface area contributed by atoms with Gasteiger partial charge in [-0.05, 0) is 19.3 Å². The molecule has 354 valence electrons. The van der Waals surface area contributed by atoms with Gasteiger partial charge in [0.15, 0.2) is 12.6 Å². The lowest BCUT2D eigenvalue weighted by Gasteiger charge is -2.46. The normalized spacial score (nSPS) is 28.3. The molecule has 0 spiro atoms. The zero-order chi connectivity index (χ0) is 44.0. The van der Waals surface area contributed by atoms with Gasteiger partial charge in [-0.2, -0.15) is 0 Å². The van der Waals surface area contributed by atoms with Crippen LogP contribution in [0.1, 0.15) is 181 Å². The Labute approximate surface area is 361 Å². The minimum absolute atomic E-state index is 0.240. The summed E-state index contributed by atoms with van der Waals surface area (Å²) in [7, 11) is 0. The molecule has 0 aromatic carbocycles. The van der Waals surface area contributed by atoms with Gasteiger partial charge in [-0.15, -0.1) is 0 Å². The molecule has 2 heterocycles. The maximum atomic E-state index is 13.1. The van der Waals surface area contributed by atoms with Crippen LogP contribution in [0.4, 0.5) is 0 Å². The monoisotopic (exact) mass is 862 g/mol. The lowest BCUT2D eigenvalue weighted by molar-refractivity contribution is -0.359. The molecule has 9 N–H and O–H groups in total. The van der Waals surface area contributed by atoms with Crippen molar-refractivity contribution in [2.24, 2.45) is 0 Å². The van der Waals surface area contributed by atoms with Gasteiger partial charge in [0.2, 0.25) is 5.91 Å². The highest BCUT2D eigenvalue weighted by Gasteiger charge is 2.51. The molecule has 14 nitrogen and oxygen atoms in total. The van der Waals surface area contributed by atoms with Crippen molar-refractivity contribution < 1.29 is 64.6 Å². The van der Waals surface area contributed by atoms with Gasteiger partial charge in [-0.1, -0.05) is 167 Å². The van der Waals surface area contributed by atoms with Crippen LogP contribution in [0.5, 0.6) is 0 Å². The van der Waals surface area contributed by atoms with Crippen molar-refractivity contribution in [2.45, 2.75) is 254 Å². The Bertz CT molecular complexity index is 1070. The summed E-state index contributed by atoms with van der Waals surface area (Å²) in [4.78, 5) is 13.1. The van der Waals surface area contributed by atoms with Gasteiger partial charge in [-0.3, -0.25) is 4.79 Å². The summed E-state index contributed by atoms with van der Waals surface area (Å²) < 4.78 is 22.6. The zero-order valence-electron chi connectivity index (χ0n) is 37.2. The summed E-state index contributed by atoms with van der Waals surface area (Å²) in [6, 6.07) is -0.906. The van der Waals surface area contributed by atoms with Gasteiger partial charge in [-0.25, -0.2) is 0 Å². The van der Waals surface area contributed by atoms with Gasteiger partial charge in [0.25, 0.3) is 0 Å². The maximum absolute atomic E-state index is 13.1. The molecule has 0 aromatic rings. The van der Waals surface area contributed by atoms with Crippen molar-refractivity contribution in [3.05, 3.63) is 12.2 Å². The lowest BCUT2D eigenvalue weighted by atomic mass is 9.97. The summed E-state index contributed by atoms with van der Waals surface area (Å²) in [6.45, 7) is 2.77. The van der Waals surface area contributed by atoms with Crippen molar-refractivity contribution in [2.75, 3.05) is 19.8 Å². The minimum Gasteiger partial charge on any atom is -0.394 e. The molecule has 1 amide bonds. The Hall–Kier alpha value is -1.27. The predicted molar refractivity (Wildman–Crippen MR) is 231 cm³/mol. The average Bonchev–Trinajstić information content (AvgIpc) is 3.24. The van der Waals surface area contributed by atoms with E-state index in [-0.39, 0.29) is 18.9 Å². The largest absolute Gasteiger partial charge is 0.394 e. The van der Waals surface area contributed by atoms with E-state index in [0.29, 0.717) is 6.42 Å². The standard InChI is InChI=1S/C46H87NO13/c1-3-5-7-9-11-13-15-17-19-21-23-25-27-29-35(50)34(47-38(51)30-28-26-24-22-20-18-16-14-12-10-8-6-4-2)33-57-45-43(56)41(54)44(37(32-49)59-45)60-46-42(55)40(53)39(52)36(31-48)58-46/h27,29,34-37,39-46,48-50,52-56H,3-26,28,30-33H2,1-2H3,(H,47,51)/b29-27+. The van der Waals surface area contributed by atoms with Crippen LogP contribution in [0, 0.1) is 0 Å². The molecule has 60 heavy (non-hydrogen) atoms. The first-order valence-corrected chi connectivity index (χ1v) is 23.9. The van der Waals surface area contributed by atoms with Gasteiger partial charge in [0, 0.05) is 6.42 Å². The van der Waals surface area contributed by atoms with E-state index in [1.165, 1.54) is 116 Å². The number of hydrogen-bond donors (Lipinski definition) is 9. The third kappa shape index (κ3) is 21.9. The second kappa shape index (κ2) is 34.2. The Balaban J connectivity index is 1.89. The first kappa shape index (κ1) is 54.9. The summed E-state index contributed by atoms with van der Waals surface area (Å²) in [5, 5.41) is 86.5. The van der Waals surface area contributed by atoms with Crippen LogP contribution in [0.15, 0.2) is 12.2 Å². The Morgan fingerprint density at radius 3 is 1.53 bits per heavy atom. The number of rotatable bonds is 36. The number of ether oxygens (including phenoxy) is 4. The van der Waals surface area contributed by atoms with Crippen LogP contribution in [0.2, 0.25) is 0 Å². The van der Waals surface area contributed by atoms with Crippen LogP contribution in [-0.4, -0.2) is 140 Å². The fourth-order valence-corrected chi connectivity index (χ4v) is 8.00.